The van der Waals surface area contributed by atoms with Gasteiger partial charge in [0.1, 0.15) is 12.1 Å². The molecule has 1 N–H and O–H groups in total. The van der Waals surface area contributed by atoms with Crippen molar-refractivity contribution in [3.63, 3.8) is 0 Å². The van der Waals surface area contributed by atoms with Gasteiger partial charge in [-0.2, -0.15) is 0 Å². The predicted octanol–water partition coefficient (Wildman–Crippen LogP) is 2.75. The molecule has 0 radical (unpaired) electrons. The van der Waals surface area contributed by atoms with E-state index in [4.69, 9.17) is 0 Å². The number of fused-ring (bicyclic) bond motifs is 1. The monoisotopic (exact) mass is 322 g/mol. The van der Waals surface area contributed by atoms with E-state index in [2.05, 4.69) is 42.7 Å². The van der Waals surface area contributed by atoms with Crippen LogP contribution in [0.4, 0.5) is 11.8 Å². The first-order valence-corrected chi connectivity index (χ1v) is 8.41. The average Bonchev–Trinajstić information content (AvgIpc) is 3.02. The highest BCUT2D eigenvalue weighted by molar-refractivity contribution is 5.91. The Morgan fingerprint density at radius 3 is 2.71 bits per heavy atom. The lowest BCUT2D eigenvalue weighted by molar-refractivity contribution is 0.515. The zero-order chi connectivity index (χ0) is 16.5. The topological polar surface area (TPSA) is 58.9 Å². The number of aryl methyl sites for hydroxylation is 2. The molecule has 1 aliphatic heterocycles. The van der Waals surface area contributed by atoms with Gasteiger partial charge in [-0.1, -0.05) is 12.1 Å². The number of hydrogen-bond donors (Lipinski definition) is 1. The lowest BCUT2D eigenvalue weighted by Crippen LogP contribution is -2.40. The van der Waals surface area contributed by atoms with E-state index in [0.717, 1.165) is 48.6 Å². The van der Waals surface area contributed by atoms with Crippen molar-refractivity contribution in [3.8, 4) is 0 Å². The minimum atomic E-state index is 0.430. The van der Waals surface area contributed by atoms with Crippen LogP contribution in [0, 0.1) is 6.92 Å². The van der Waals surface area contributed by atoms with Crippen LogP contribution < -0.4 is 10.2 Å². The molecule has 6 heteroatoms. The van der Waals surface area contributed by atoms with Gasteiger partial charge in [-0.3, -0.25) is 0 Å². The summed E-state index contributed by atoms with van der Waals surface area (Å²) in [6.07, 6.45) is 7.65. The smallest absolute Gasteiger partial charge is 0.205 e. The first-order valence-electron chi connectivity index (χ1n) is 8.41. The van der Waals surface area contributed by atoms with E-state index in [1.165, 1.54) is 5.56 Å². The molecule has 124 valence electrons. The molecule has 24 heavy (non-hydrogen) atoms. The van der Waals surface area contributed by atoms with E-state index >= 15 is 0 Å². The van der Waals surface area contributed by atoms with Crippen LogP contribution in [0.25, 0.3) is 10.9 Å². The zero-order valence-electron chi connectivity index (χ0n) is 14.1. The van der Waals surface area contributed by atoms with Crippen LogP contribution >= 0.6 is 0 Å². The molecule has 1 saturated heterocycles. The van der Waals surface area contributed by atoms with E-state index < -0.39 is 0 Å². The van der Waals surface area contributed by atoms with Gasteiger partial charge in [0.2, 0.25) is 5.95 Å². The third-order valence-electron chi connectivity index (χ3n) is 4.79. The number of imidazole rings is 1. The molecule has 1 aliphatic rings. The first-order chi connectivity index (χ1) is 11.7. The predicted molar refractivity (Wildman–Crippen MR) is 96.3 cm³/mol. The number of nitrogens with zero attached hydrogens (tertiary/aromatic N) is 5. The average molecular weight is 322 g/mol. The number of aromatic nitrogens is 4. The second kappa shape index (κ2) is 6.11. The maximum Gasteiger partial charge on any atom is 0.205 e. The van der Waals surface area contributed by atoms with Gasteiger partial charge in [0.15, 0.2) is 0 Å². The summed E-state index contributed by atoms with van der Waals surface area (Å²) in [7, 11) is 2.04. The SMILES string of the molecule is Cc1cccc2ncnc(NC3CCN(c4nccn4C)CC3)c12. The molecular weight excluding hydrogens is 300 g/mol. The Hall–Kier alpha value is -2.63. The number of piperidine rings is 1. The lowest BCUT2D eigenvalue weighted by Gasteiger charge is -2.33. The summed E-state index contributed by atoms with van der Waals surface area (Å²) in [4.78, 5) is 15.7. The van der Waals surface area contributed by atoms with Crippen LogP contribution in [0.3, 0.4) is 0 Å². The van der Waals surface area contributed by atoms with Crippen molar-refractivity contribution in [1.29, 1.82) is 0 Å². The molecule has 1 fully saturated rings. The Morgan fingerprint density at radius 1 is 1.12 bits per heavy atom. The first kappa shape index (κ1) is 14.9. The summed E-state index contributed by atoms with van der Waals surface area (Å²) in [6.45, 7) is 4.12. The van der Waals surface area contributed by atoms with Crippen molar-refractivity contribution in [1.82, 2.24) is 19.5 Å². The summed E-state index contributed by atoms with van der Waals surface area (Å²) in [5, 5.41) is 4.77. The van der Waals surface area contributed by atoms with Gasteiger partial charge in [-0.15, -0.1) is 0 Å². The third kappa shape index (κ3) is 2.68. The maximum absolute atomic E-state index is 4.49. The number of anilines is 2. The van der Waals surface area contributed by atoms with E-state index in [1.54, 1.807) is 6.33 Å². The molecule has 0 atom stereocenters. The Kier molecular flexibility index (Phi) is 3.80. The summed E-state index contributed by atoms with van der Waals surface area (Å²) < 4.78 is 2.08. The largest absolute Gasteiger partial charge is 0.367 e. The fourth-order valence-corrected chi connectivity index (χ4v) is 3.47. The van der Waals surface area contributed by atoms with E-state index in [-0.39, 0.29) is 0 Å². The number of benzene rings is 1. The van der Waals surface area contributed by atoms with E-state index in [9.17, 15) is 0 Å². The molecule has 3 heterocycles. The Balaban J connectivity index is 1.49. The van der Waals surface area contributed by atoms with E-state index in [0.29, 0.717) is 6.04 Å². The normalized spacial score (nSPS) is 15.8. The highest BCUT2D eigenvalue weighted by atomic mass is 15.3. The van der Waals surface area contributed by atoms with Crippen molar-refractivity contribution in [2.24, 2.45) is 7.05 Å². The van der Waals surface area contributed by atoms with Gasteiger partial charge in [-0.05, 0) is 31.4 Å². The summed E-state index contributed by atoms with van der Waals surface area (Å²) in [5.74, 6) is 2.00. The molecule has 2 aromatic heterocycles. The van der Waals surface area contributed by atoms with Crippen molar-refractivity contribution < 1.29 is 0 Å². The second-order valence-electron chi connectivity index (χ2n) is 6.44. The molecule has 0 saturated carbocycles. The highest BCUT2D eigenvalue weighted by Gasteiger charge is 2.22. The van der Waals surface area contributed by atoms with Gasteiger partial charge < -0.3 is 14.8 Å². The number of rotatable bonds is 3. The lowest BCUT2D eigenvalue weighted by atomic mass is 10.0. The van der Waals surface area contributed by atoms with Gasteiger partial charge in [0.25, 0.3) is 0 Å². The van der Waals surface area contributed by atoms with Crippen LogP contribution in [-0.2, 0) is 7.05 Å². The fraction of sp³-hybridized carbons (Fsp3) is 0.389. The fourth-order valence-electron chi connectivity index (χ4n) is 3.47. The van der Waals surface area contributed by atoms with Crippen LogP contribution in [0.5, 0.6) is 0 Å². The molecule has 1 aromatic carbocycles. The standard InChI is InChI=1S/C18H22N6/c1-13-4-3-5-15-16(13)17(21-12-20-15)22-14-6-9-24(10-7-14)18-19-8-11-23(18)2/h3-5,8,11-12,14H,6-7,9-10H2,1-2H3,(H,20,21,22). The van der Waals surface area contributed by atoms with Crippen LogP contribution in [0.2, 0.25) is 0 Å². The highest BCUT2D eigenvalue weighted by Crippen LogP contribution is 2.26. The van der Waals surface area contributed by atoms with Crippen LogP contribution in [0.15, 0.2) is 36.9 Å². The number of nitrogens with one attached hydrogen (secondary N) is 1. The molecule has 4 rings (SSSR count). The van der Waals surface area contributed by atoms with Gasteiger partial charge in [0, 0.05) is 44.0 Å². The second-order valence-corrected chi connectivity index (χ2v) is 6.44. The molecule has 0 unspecified atom stereocenters. The van der Waals surface area contributed by atoms with Crippen molar-refractivity contribution >= 4 is 22.7 Å². The summed E-state index contributed by atoms with van der Waals surface area (Å²) in [6, 6.07) is 6.62. The van der Waals surface area contributed by atoms with Gasteiger partial charge in [-0.25, -0.2) is 15.0 Å². The van der Waals surface area contributed by atoms with Crippen molar-refractivity contribution in [3.05, 3.63) is 42.5 Å². The zero-order valence-corrected chi connectivity index (χ0v) is 14.1. The minimum absolute atomic E-state index is 0.430. The molecule has 0 bridgehead atoms. The van der Waals surface area contributed by atoms with Crippen LogP contribution in [-0.4, -0.2) is 38.7 Å². The molecule has 3 aromatic rings. The molecule has 6 nitrogen and oxygen atoms in total. The quantitative estimate of drug-likeness (QED) is 0.803. The van der Waals surface area contributed by atoms with Crippen molar-refractivity contribution in [2.75, 3.05) is 23.3 Å². The number of hydrogen-bond acceptors (Lipinski definition) is 5. The van der Waals surface area contributed by atoms with E-state index in [1.807, 2.05) is 31.6 Å². The Bertz CT molecular complexity index is 842. The Labute approximate surface area is 141 Å². The molecule has 0 amide bonds. The van der Waals surface area contributed by atoms with Gasteiger partial charge in [0.05, 0.1) is 5.52 Å². The molecule has 0 aliphatic carbocycles. The Morgan fingerprint density at radius 2 is 1.96 bits per heavy atom. The van der Waals surface area contributed by atoms with Gasteiger partial charge >= 0.3 is 0 Å². The summed E-state index contributed by atoms with van der Waals surface area (Å²) >= 11 is 0. The van der Waals surface area contributed by atoms with Crippen molar-refractivity contribution in [2.45, 2.75) is 25.8 Å². The van der Waals surface area contributed by atoms with Crippen LogP contribution in [0.1, 0.15) is 18.4 Å². The molecular formula is C18H22N6. The minimum Gasteiger partial charge on any atom is -0.367 e. The maximum atomic E-state index is 4.49. The summed E-state index contributed by atoms with van der Waals surface area (Å²) in [5.41, 5.74) is 2.21. The molecule has 0 spiro atoms. The third-order valence-corrected chi connectivity index (χ3v) is 4.79.